The topological polar surface area (TPSA) is 0 Å². The largest absolute Gasteiger partial charge is 0.103 e. The van der Waals surface area contributed by atoms with Gasteiger partial charge in [-0.15, -0.1) is 6.58 Å². The molecule has 1 aliphatic carbocycles. The quantitative estimate of drug-likeness (QED) is 0.459. The van der Waals surface area contributed by atoms with E-state index in [0.29, 0.717) is 0 Å². The molecule has 2 aromatic carbocycles. The lowest BCUT2D eigenvalue weighted by atomic mass is 9.77. The van der Waals surface area contributed by atoms with Gasteiger partial charge in [0.2, 0.25) is 0 Å². The first-order chi connectivity index (χ1) is 12.3. The van der Waals surface area contributed by atoms with Gasteiger partial charge in [-0.05, 0) is 72.6 Å². The molecule has 0 spiro atoms. The normalized spacial score (nSPS) is 20.4. The molecule has 1 fully saturated rings. The molecule has 2 aromatic rings. The van der Waals surface area contributed by atoms with Gasteiger partial charge < -0.3 is 0 Å². The maximum absolute atomic E-state index is 3.80. The summed E-state index contributed by atoms with van der Waals surface area (Å²) in [6.07, 6.45) is 12.5. The molecule has 1 saturated carbocycles. The predicted molar refractivity (Wildman–Crippen MR) is 110 cm³/mol. The van der Waals surface area contributed by atoms with E-state index in [1.54, 1.807) is 5.56 Å². The van der Waals surface area contributed by atoms with Crippen LogP contribution in [-0.4, -0.2) is 0 Å². The lowest BCUT2D eigenvalue weighted by Crippen LogP contribution is -2.13. The smallest absolute Gasteiger partial charge is 0.0162 e. The molecule has 25 heavy (non-hydrogen) atoms. The van der Waals surface area contributed by atoms with Gasteiger partial charge in [-0.2, -0.15) is 0 Å². The molecular weight excluding hydrogens is 300 g/mol. The number of aryl methyl sites for hydroxylation is 1. The molecule has 0 N–H and O–H groups in total. The second-order valence-electron chi connectivity index (χ2n) is 7.65. The maximum Gasteiger partial charge on any atom is -0.0162 e. The lowest BCUT2D eigenvalue weighted by molar-refractivity contribution is 0.308. The Balaban J connectivity index is 1.61. The summed E-state index contributed by atoms with van der Waals surface area (Å²) in [6, 6.07) is 18.4. The fourth-order valence-electron chi connectivity index (χ4n) is 4.27. The number of rotatable bonds is 7. The molecule has 1 aliphatic rings. The molecule has 0 heterocycles. The Hall–Kier alpha value is -1.82. The predicted octanol–water partition coefficient (Wildman–Crippen LogP) is 7.55. The summed E-state index contributed by atoms with van der Waals surface area (Å²) in [5.41, 5.74) is 5.59. The summed E-state index contributed by atoms with van der Waals surface area (Å²) < 4.78 is 0. The summed E-state index contributed by atoms with van der Waals surface area (Å²) in [7, 11) is 0. The molecule has 0 aliphatic heterocycles. The van der Waals surface area contributed by atoms with Crippen LogP contribution >= 0.6 is 0 Å². The van der Waals surface area contributed by atoms with Crippen molar-refractivity contribution in [3.8, 4) is 11.1 Å². The SMILES string of the molecule is C=CCCc1ccc(-c2ccc(C3CCC(CCC)CC3)cc2)cc1. The standard InChI is InChI=1S/C25H32/c1-3-5-7-21-10-14-23(15-11-21)25-18-16-24(17-19-25)22-12-8-20(6-4-2)9-13-22/h3,10-11,14-20,22H,1,4-9,12-13H2,2H3. The van der Waals surface area contributed by atoms with E-state index in [9.17, 15) is 0 Å². The van der Waals surface area contributed by atoms with E-state index in [1.807, 2.05) is 6.08 Å². The summed E-state index contributed by atoms with van der Waals surface area (Å²) in [5, 5.41) is 0. The van der Waals surface area contributed by atoms with E-state index in [0.717, 1.165) is 24.7 Å². The van der Waals surface area contributed by atoms with Crippen LogP contribution in [0.5, 0.6) is 0 Å². The van der Waals surface area contributed by atoms with Crippen molar-refractivity contribution >= 4 is 0 Å². The molecule has 0 nitrogen and oxygen atoms in total. The van der Waals surface area contributed by atoms with Crippen molar-refractivity contribution < 1.29 is 0 Å². The van der Waals surface area contributed by atoms with E-state index in [4.69, 9.17) is 0 Å². The second-order valence-corrected chi connectivity index (χ2v) is 7.65. The molecule has 0 atom stereocenters. The van der Waals surface area contributed by atoms with Crippen molar-refractivity contribution in [3.63, 3.8) is 0 Å². The Bertz CT molecular complexity index is 639. The molecular formula is C25H32. The van der Waals surface area contributed by atoms with Crippen LogP contribution in [0.1, 0.15) is 68.9 Å². The highest BCUT2D eigenvalue weighted by molar-refractivity contribution is 5.64. The molecule has 132 valence electrons. The highest BCUT2D eigenvalue weighted by Gasteiger charge is 2.21. The molecule has 0 unspecified atom stereocenters. The Kier molecular flexibility index (Phi) is 6.50. The summed E-state index contributed by atoms with van der Waals surface area (Å²) in [6.45, 7) is 6.12. The van der Waals surface area contributed by atoms with Crippen molar-refractivity contribution in [3.05, 3.63) is 72.3 Å². The lowest BCUT2D eigenvalue weighted by Gasteiger charge is -2.28. The van der Waals surface area contributed by atoms with Gasteiger partial charge >= 0.3 is 0 Å². The minimum atomic E-state index is 0.781. The van der Waals surface area contributed by atoms with Gasteiger partial charge in [-0.3, -0.25) is 0 Å². The zero-order valence-corrected chi connectivity index (χ0v) is 15.7. The third kappa shape index (κ3) is 4.84. The average molecular weight is 333 g/mol. The van der Waals surface area contributed by atoms with Crippen LogP contribution in [0.15, 0.2) is 61.2 Å². The number of hydrogen-bond acceptors (Lipinski definition) is 0. The summed E-state index contributed by atoms with van der Waals surface area (Å²) >= 11 is 0. The number of benzene rings is 2. The maximum atomic E-state index is 3.80. The van der Waals surface area contributed by atoms with Crippen LogP contribution in [0.4, 0.5) is 0 Å². The van der Waals surface area contributed by atoms with Crippen molar-refractivity contribution in [1.29, 1.82) is 0 Å². The minimum absolute atomic E-state index is 0.781. The van der Waals surface area contributed by atoms with E-state index in [2.05, 4.69) is 62.0 Å². The third-order valence-corrected chi connectivity index (χ3v) is 5.85. The molecule has 3 rings (SSSR count). The molecule has 0 saturated heterocycles. The van der Waals surface area contributed by atoms with Gasteiger partial charge in [-0.25, -0.2) is 0 Å². The van der Waals surface area contributed by atoms with Crippen molar-refractivity contribution in [2.75, 3.05) is 0 Å². The van der Waals surface area contributed by atoms with Crippen molar-refractivity contribution in [2.45, 2.75) is 64.2 Å². The van der Waals surface area contributed by atoms with Crippen LogP contribution in [0, 0.1) is 5.92 Å². The number of allylic oxidation sites excluding steroid dienone is 1. The molecule has 0 amide bonds. The summed E-state index contributed by atoms with van der Waals surface area (Å²) in [4.78, 5) is 0. The monoisotopic (exact) mass is 332 g/mol. The molecule has 0 radical (unpaired) electrons. The van der Waals surface area contributed by atoms with Crippen LogP contribution in [0.2, 0.25) is 0 Å². The average Bonchev–Trinajstić information content (AvgIpc) is 2.68. The highest BCUT2D eigenvalue weighted by atomic mass is 14.3. The molecule has 0 bridgehead atoms. The van der Waals surface area contributed by atoms with Gasteiger partial charge in [0, 0.05) is 0 Å². The van der Waals surface area contributed by atoms with Gasteiger partial charge in [0.25, 0.3) is 0 Å². The Labute approximate surface area is 154 Å². The Morgan fingerprint density at radius 1 is 0.880 bits per heavy atom. The fraction of sp³-hybridized carbons (Fsp3) is 0.440. The van der Waals surface area contributed by atoms with Crippen molar-refractivity contribution in [1.82, 2.24) is 0 Å². The first kappa shape index (κ1) is 18.0. The first-order valence-corrected chi connectivity index (χ1v) is 10.1. The van der Waals surface area contributed by atoms with E-state index in [1.165, 1.54) is 55.2 Å². The van der Waals surface area contributed by atoms with Crippen LogP contribution in [0.3, 0.4) is 0 Å². The van der Waals surface area contributed by atoms with Crippen LogP contribution in [0.25, 0.3) is 11.1 Å². The second kappa shape index (κ2) is 9.04. The third-order valence-electron chi connectivity index (χ3n) is 5.85. The van der Waals surface area contributed by atoms with E-state index in [-0.39, 0.29) is 0 Å². The van der Waals surface area contributed by atoms with Gasteiger partial charge in [0.1, 0.15) is 0 Å². The Morgan fingerprint density at radius 3 is 2.04 bits per heavy atom. The Morgan fingerprint density at radius 2 is 1.48 bits per heavy atom. The molecule has 0 heteroatoms. The van der Waals surface area contributed by atoms with Gasteiger partial charge in [0.05, 0.1) is 0 Å². The zero-order chi connectivity index (χ0) is 17.5. The van der Waals surface area contributed by atoms with Crippen LogP contribution in [-0.2, 0) is 6.42 Å². The first-order valence-electron chi connectivity index (χ1n) is 10.1. The van der Waals surface area contributed by atoms with Crippen LogP contribution < -0.4 is 0 Å². The van der Waals surface area contributed by atoms with E-state index < -0.39 is 0 Å². The summed E-state index contributed by atoms with van der Waals surface area (Å²) in [5.74, 6) is 1.77. The van der Waals surface area contributed by atoms with Gasteiger partial charge in [-0.1, -0.05) is 74.4 Å². The van der Waals surface area contributed by atoms with Gasteiger partial charge in [0.15, 0.2) is 0 Å². The highest BCUT2D eigenvalue weighted by Crippen LogP contribution is 2.38. The fourth-order valence-corrected chi connectivity index (χ4v) is 4.27. The van der Waals surface area contributed by atoms with Crippen molar-refractivity contribution in [2.24, 2.45) is 5.92 Å². The number of hydrogen-bond donors (Lipinski definition) is 0. The minimum Gasteiger partial charge on any atom is -0.103 e. The van der Waals surface area contributed by atoms with E-state index >= 15 is 0 Å². The zero-order valence-electron chi connectivity index (χ0n) is 15.7. The molecule has 0 aromatic heterocycles.